The minimum atomic E-state index is 1.05. The molecule has 0 saturated heterocycles. The van der Waals surface area contributed by atoms with Crippen LogP contribution >= 0.6 is 0 Å². The van der Waals surface area contributed by atoms with Gasteiger partial charge in [0.2, 0.25) is 0 Å². The molecule has 1 aromatic heterocycles. The van der Waals surface area contributed by atoms with E-state index in [0.29, 0.717) is 0 Å². The van der Waals surface area contributed by atoms with Gasteiger partial charge in [-0.15, -0.1) is 0 Å². The maximum Gasteiger partial charge on any atom is 0.109 e. The molecule has 3 heteroatoms. The summed E-state index contributed by atoms with van der Waals surface area (Å²) in [5.74, 6) is 1.23. The van der Waals surface area contributed by atoms with E-state index < -0.39 is 0 Å². The lowest BCUT2D eigenvalue weighted by atomic mass is 10.3. The van der Waals surface area contributed by atoms with Crippen molar-refractivity contribution >= 4 is 11.0 Å². The number of para-hydroxylation sites is 2. The fourth-order valence-corrected chi connectivity index (χ4v) is 2.20. The first kappa shape index (κ1) is 12.1. The predicted octanol–water partition coefficient (Wildman–Crippen LogP) is 2.60. The van der Waals surface area contributed by atoms with Gasteiger partial charge in [-0.2, -0.15) is 0 Å². The maximum atomic E-state index is 4.72. The molecular formula is C14H21N3. The zero-order valence-electron chi connectivity index (χ0n) is 10.7. The van der Waals surface area contributed by atoms with E-state index in [9.17, 15) is 0 Å². The van der Waals surface area contributed by atoms with Gasteiger partial charge in [0.15, 0.2) is 0 Å². The summed E-state index contributed by atoms with van der Waals surface area (Å²) in [6, 6.07) is 8.42. The number of hydrogen-bond acceptors (Lipinski definition) is 2. The van der Waals surface area contributed by atoms with Crippen molar-refractivity contribution in [1.82, 2.24) is 14.9 Å². The summed E-state index contributed by atoms with van der Waals surface area (Å²) in [5.41, 5.74) is 2.40. The topological polar surface area (TPSA) is 29.9 Å². The van der Waals surface area contributed by atoms with Crippen LogP contribution in [0.15, 0.2) is 24.3 Å². The number of imidazole rings is 1. The molecule has 0 fully saturated rings. The second-order valence-electron chi connectivity index (χ2n) is 4.38. The Morgan fingerprint density at radius 1 is 1.29 bits per heavy atom. The quantitative estimate of drug-likeness (QED) is 0.774. The summed E-state index contributed by atoms with van der Waals surface area (Å²) in [6.07, 6.45) is 3.36. The molecule has 1 N–H and O–H groups in total. The average Bonchev–Trinajstić information content (AvgIpc) is 2.69. The first-order chi connectivity index (χ1) is 8.36. The van der Waals surface area contributed by atoms with Crippen molar-refractivity contribution in [3.63, 3.8) is 0 Å². The van der Waals surface area contributed by atoms with Crippen LogP contribution in [-0.4, -0.2) is 23.1 Å². The average molecular weight is 231 g/mol. The molecular weight excluding hydrogens is 210 g/mol. The van der Waals surface area contributed by atoms with Crippen LogP contribution < -0.4 is 5.32 Å². The molecule has 0 atom stereocenters. The number of aryl methyl sites for hydroxylation is 2. The summed E-state index contributed by atoms with van der Waals surface area (Å²) < 4.78 is 2.37. The van der Waals surface area contributed by atoms with Gasteiger partial charge in [-0.3, -0.25) is 0 Å². The largest absolute Gasteiger partial charge is 0.328 e. The lowest BCUT2D eigenvalue weighted by Crippen LogP contribution is -2.12. The molecule has 0 spiro atoms. The monoisotopic (exact) mass is 231 g/mol. The Kier molecular flexibility index (Phi) is 4.15. The van der Waals surface area contributed by atoms with Gasteiger partial charge < -0.3 is 9.88 Å². The lowest BCUT2D eigenvalue weighted by Gasteiger charge is -2.08. The van der Waals surface area contributed by atoms with Crippen molar-refractivity contribution in [3.8, 4) is 0 Å². The Morgan fingerprint density at radius 3 is 2.88 bits per heavy atom. The number of hydrogen-bond donors (Lipinski definition) is 1. The SMILES string of the molecule is CCCc1nc2ccccc2n1CCCNC. The van der Waals surface area contributed by atoms with Crippen LogP contribution in [0.2, 0.25) is 0 Å². The van der Waals surface area contributed by atoms with Crippen LogP contribution in [-0.2, 0) is 13.0 Å². The summed E-state index contributed by atoms with van der Waals surface area (Å²) in [7, 11) is 2.00. The number of fused-ring (bicyclic) bond motifs is 1. The molecule has 3 nitrogen and oxygen atoms in total. The smallest absolute Gasteiger partial charge is 0.109 e. The van der Waals surface area contributed by atoms with E-state index in [2.05, 4.69) is 41.1 Å². The van der Waals surface area contributed by atoms with E-state index in [-0.39, 0.29) is 0 Å². The van der Waals surface area contributed by atoms with Gasteiger partial charge >= 0.3 is 0 Å². The Bertz CT molecular complexity index is 473. The third-order valence-electron chi connectivity index (χ3n) is 3.02. The molecule has 0 radical (unpaired) electrons. The molecule has 0 amide bonds. The van der Waals surface area contributed by atoms with Crippen LogP contribution in [0.1, 0.15) is 25.6 Å². The first-order valence-electron chi connectivity index (χ1n) is 6.45. The Labute approximate surface area is 103 Å². The molecule has 92 valence electrons. The summed E-state index contributed by atoms with van der Waals surface area (Å²) in [5, 5.41) is 3.20. The summed E-state index contributed by atoms with van der Waals surface area (Å²) >= 11 is 0. The van der Waals surface area contributed by atoms with Gasteiger partial charge in [0.05, 0.1) is 11.0 Å². The highest BCUT2D eigenvalue weighted by molar-refractivity contribution is 5.75. The maximum absolute atomic E-state index is 4.72. The molecule has 2 rings (SSSR count). The zero-order valence-corrected chi connectivity index (χ0v) is 10.7. The van der Waals surface area contributed by atoms with E-state index in [1.54, 1.807) is 0 Å². The molecule has 0 aliphatic rings. The molecule has 0 aliphatic carbocycles. The minimum absolute atomic E-state index is 1.05. The van der Waals surface area contributed by atoms with Crippen LogP contribution in [0.25, 0.3) is 11.0 Å². The number of nitrogens with zero attached hydrogens (tertiary/aromatic N) is 2. The molecule has 2 aromatic rings. The van der Waals surface area contributed by atoms with Crippen LogP contribution in [0, 0.1) is 0 Å². The minimum Gasteiger partial charge on any atom is -0.328 e. The predicted molar refractivity (Wildman–Crippen MR) is 72.3 cm³/mol. The van der Waals surface area contributed by atoms with E-state index in [0.717, 1.165) is 37.9 Å². The summed E-state index contributed by atoms with van der Waals surface area (Å²) in [6.45, 7) is 4.31. The van der Waals surface area contributed by atoms with Crippen molar-refractivity contribution < 1.29 is 0 Å². The van der Waals surface area contributed by atoms with E-state index in [4.69, 9.17) is 4.98 Å². The van der Waals surface area contributed by atoms with Gasteiger partial charge in [-0.25, -0.2) is 4.98 Å². The standard InChI is InChI=1S/C14H21N3/c1-3-7-14-16-12-8-4-5-9-13(12)17(14)11-6-10-15-2/h4-5,8-9,15H,3,6-7,10-11H2,1-2H3. The van der Waals surface area contributed by atoms with E-state index >= 15 is 0 Å². The second-order valence-corrected chi connectivity index (χ2v) is 4.38. The van der Waals surface area contributed by atoms with Crippen molar-refractivity contribution in [2.45, 2.75) is 32.7 Å². The second kappa shape index (κ2) is 5.82. The number of rotatable bonds is 6. The number of nitrogens with one attached hydrogen (secondary N) is 1. The van der Waals surface area contributed by atoms with E-state index in [1.807, 2.05) is 7.05 Å². The Balaban J connectivity index is 2.30. The van der Waals surface area contributed by atoms with Gasteiger partial charge in [-0.05, 0) is 38.6 Å². The van der Waals surface area contributed by atoms with Gasteiger partial charge in [0.25, 0.3) is 0 Å². The fourth-order valence-electron chi connectivity index (χ4n) is 2.20. The van der Waals surface area contributed by atoms with Crippen LogP contribution in [0.4, 0.5) is 0 Å². The van der Waals surface area contributed by atoms with Crippen molar-refractivity contribution in [3.05, 3.63) is 30.1 Å². The van der Waals surface area contributed by atoms with Crippen molar-refractivity contribution in [2.24, 2.45) is 0 Å². The van der Waals surface area contributed by atoms with Gasteiger partial charge in [0, 0.05) is 13.0 Å². The molecule has 1 aromatic carbocycles. The molecule has 0 unspecified atom stereocenters. The highest BCUT2D eigenvalue weighted by Gasteiger charge is 2.08. The highest BCUT2D eigenvalue weighted by atomic mass is 15.1. The fraction of sp³-hybridized carbons (Fsp3) is 0.500. The first-order valence-corrected chi connectivity index (χ1v) is 6.45. The van der Waals surface area contributed by atoms with Gasteiger partial charge in [-0.1, -0.05) is 19.1 Å². The highest BCUT2D eigenvalue weighted by Crippen LogP contribution is 2.17. The van der Waals surface area contributed by atoms with Crippen LogP contribution in [0.5, 0.6) is 0 Å². The molecule has 17 heavy (non-hydrogen) atoms. The van der Waals surface area contributed by atoms with E-state index in [1.165, 1.54) is 11.3 Å². The third kappa shape index (κ3) is 2.67. The summed E-state index contributed by atoms with van der Waals surface area (Å²) in [4.78, 5) is 4.72. The molecule has 1 heterocycles. The van der Waals surface area contributed by atoms with Crippen LogP contribution in [0.3, 0.4) is 0 Å². The Morgan fingerprint density at radius 2 is 2.12 bits per heavy atom. The zero-order chi connectivity index (χ0) is 12.1. The number of aromatic nitrogens is 2. The number of benzene rings is 1. The third-order valence-corrected chi connectivity index (χ3v) is 3.02. The lowest BCUT2D eigenvalue weighted by molar-refractivity contribution is 0.597. The molecule has 0 saturated carbocycles. The molecule has 0 bridgehead atoms. The van der Waals surface area contributed by atoms with Crippen molar-refractivity contribution in [1.29, 1.82) is 0 Å². The Hall–Kier alpha value is -1.35. The van der Waals surface area contributed by atoms with Gasteiger partial charge in [0.1, 0.15) is 5.82 Å². The molecule has 0 aliphatic heterocycles. The normalized spacial score (nSPS) is 11.2. The van der Waals surface area contributed by atoms with Crippen molar-refractivity contribution in [2.75, 3.05) is 13.6 Å².